The molecule has 0 saturated carbocycles. The van der Waals surface area contributed by atoms with Gasteiger partial charge in [-0.1, -0.05) is 29.3 Å². The van der Waals surface area contributed by atoms with E-state index in [2.05, 4.69) is 27.9 Å². The largest absolute Gasteiger partial charge is 0.323 e. The van der Waals surface area contributed by atoms with Gasteiger partial charge in [-0.3, -0.25) is 4.79 Å². The lowest BCUT2D eigenvalue weighted by molar-refractivity contribution is -0.111. The molecule has 0 aromatic heterocycles. The number of hydrogen-bond acceptors (Lipinski definition) is 1. The van der Waals surface area contributed by atoms with Crippen LogP contribution in [0.25, 0.3) is 6.08 Å². The maximum absolute atomic E-state index is 11.8. The average Bonchev–Trinajstić information content (AvgIpc) is 2.41. The Morgan fingerprint density at radius 1 is 1.05 bits per heavy atom. The third-order valence-corrected chi connectivity index (χ3v) is 3.89. The van der Waals surface area contributed by atoms with Crippen LogP contribution in [0.2, 0.25) is 10.0 Å². The third-order valence-electron chi connectivity index (χ3n) is 2.51. The molecule has 2 rings (SSSR count). The predicted octanol–water partition coefficient (Wildman–Crippen LogP) is 5.25. The van der Waals surface area contributed by atoms with Crippen molar-refractivity contribution in [1.29, 1.82) is 0 Å². The van der Waals surface area contributed by atoms with Crippen molar-refractivity contribution < 1.29 is 4.79 Å². The highest BCUT2D eigenvalue weighted by Crippen LogP contribution is 2.25. The minimum absolute atomic E-state index is 0.234. The Labute approximate surface area is 140 Å². The molecule has 0 aliphatic rings. The summed E-state index contributed by atoms with van der Waals surface area (Å²) in [5, 5.41) is 3.78. The van der Waals surface area contributed by atoms with Gasteiger partial charge in [-0.25, -0.2) is 0 Å². The SMILES string of the molecule is O=C(/C=C/c1c(Cl)cccc1Cl)Nc1ccc(I)cc1. The Kier molecular flexibility index (Phi) is 5.46. The Bertz CT molecular complexity index is 633. The van der Waals surface area contributed by atoms with Gasteiger partial charge < -0.3 is 5.32 Å². The number of hydrogen-bond donors (Lipinski definition) is 1. The van der Waals surface area contributed by atoms with Gasteiger partial charge in [0.1, 0.15) is 0 Å². The Balaban J connectivity index is 2.08. The van der Waals surface area contributed by atoms with E-state index in [1.807, 2.05) is 24.3 Å². The highest BCUT2D eigenvalue weighted by atomic mass is 127. The first kappa shape index (κ1) is 15.4. The number of halogens is 3. The van der Waals surface area contributed by atoms with Crippen LogP contribution in [0.5, 0.6) is 0 Å². The Morgan fingerprint density at radius 2 is 1.65 bits per heavy atom. The molecule has 0 aliphatic heterocycles. The van der Waals surface area contributed by atoms with Crippen molar-refractivity contribution in [3.63, 3.8) is 0 Å². The lowest BCUT2D eigenvalue weighted by Gasteiger charge is -2.03. The Hall–Kier alpha value is -1.04. The van der Waals surface area contributed by atoms with Crippen LogP contribution in [0.1, 0.15) is 5.56 Å². The van der Waals surface area contributed by atoms with Gasteiger partial charge in [0.25, 0.3) is 0 Å². The molecule has 0 radical (unpaired) electrons. The number of anilines is 1. The second-order valence-corrected chi connectivity index (χ2v) is 6.02. The van der Waals surface area contributed by atoms with Crippen LogP contribution in [-0.2, 0) is 4.79 Å². The van der Waals surface area contributed by atoms with Gasteiger partial charge in [-0.15, -0.1) is 0 Å². The van der Waals surface area contributed by atoms with Crippen molar-refractivity contribution in [2.75, 3.05) is 5.32 Å². The van der Waals surface area contributed by atoms with E-state index < -0.39 is 0 Å². The number of nitrogens with one attached hydrogen (secondary N) is 1. The van der Waals surface area contributed by atoms with E-state index in [1.165, 1.54) is 6.08 Å². The minimum Gasteiger partial charge on any atom is -0.323 e. The highest BCUT2D eigenvalue weighted by Gasteiger charge is 2.03. The van der Waals surface area contributed by atoms with E-state index in [-0.39, 0.29) is 5.91 Å². The van der Waals surface area contributed by atoms with E-state index in [1.54, 1.807) is 24.3 Å². The van der Waals surface area contributed by atoms with Gasteiger partial charge >= 0.3 is 0 Å². The van der Waals surface area contributed by atoms with Crippen LogP contribution >= 0.6 is 45.8 Å². The zero-order chi connectivity index (χ0) is 14.5. The van der Waals surface area contributed by atoms with Crippen molar-refractivity contribution >= 4 is 63.5 Å². The molecule has 0 bridgehead atoms. The van der Waals surface area contributed by atoms with Gasteiger partial charge in [-0.05, 0) is 65.1 Å². The lowest BCUT2D eigenvalue weighted by Crippen LogP contribution is -2.07. The predicted molar refractivity (Wildman–Crippen MR) is 93.3 cm³/mol. The quantitative estimate of drug-likeness (QED) is 0.536. The van der Waals surface area contributed by atoms with E-state index in [0.29, 0.717) is 15.6 Å². The summed E-state index contributed by atoms with van der Waals surface area (Å²) in [6.45, 7) is 0. The number of rotatable bonds is 3. The van der Waals surface area contributed by atoms with Crippen molar-refractivity contribution in [3.05, 3.63) is 67.7 Å². The molecular formula is C15H10Cl2INO. The third kappa shape index (κ3) is 4.23. The summed E-state index contributed by atoms with van der Waals surface area (Å²) < 4.78 is 1.11. The zero-order valence-electron chi connectivity index (χ0n) is 10.2. The van der Waals surface area contributed by atoms with Crippen LogP contribution in [0, 0.1) is 3.57 Å². The normalized spacial score (nSPS) is 10.8. The molecule has 2 aromatic carbocycles. The number of benzene rings is 2. The first-order valence-electron chi connectivity index (χ1n) is 5.75. The van der Waals surface area contributed by atoms with E-state index in [0.717, 1.165) is 9.26 Å². The molecule has 2 aromatic rings. The molecule has 0 aliphatic carbocycles. The number of carbonyl (C=O) groups is 1. The summed E-state index contributed by atoms with van der Waals surface area (Å²) in [7, 11) is 0. The molecule has 102 valence electrons. The topological polar surface area (TPSA) is 29.1 Å². The lowest BCUT2D eigenvalue weighted by atomic mass is 10.2. The molecule has 0 fully saturated rings. The first-order valence-corrected chi connectivity index (χ1v) is 7.58. The van der Waals surface area contributed by atoms with Gasteiger partial charge in [0.2, 0.25) is 5.91 Å². The van der Waals surface area contributed by atoms with Crippen molar-refractivity contribution in [3.8, 4) is 0 Å². The van der Waals surface area contributed by atoms with Crippen LogP contribution in [0.3, 0.4) is 0 Å². The molecule has 20 heavy (non-hydrogen) atoms. The van der Waals surface area contributed by atoms with E-state index >= 15 is 0 Å². The number of carbonyl (C=O) groups excluding carboxylic acids is 1. The molecular weight excluding hydrogens is 408 g/mol. The molecule has 0 unspecified atom stereocenters. The Morgan fingerprint density at radius 3 is 2.25 bits per heavy atom. The van der Waals surface area contributed by atoms with Crippen LogP contribution in [-0.4, -0.2) is 5.91 Å². The summed E-state index contributed by atoms with van der Waals surface area (Å²) >= 11 is 14.3. The van der Waals surface area contributed by atoms with Crippen LogP contribution in [0.4, 0.5) is 5.69 Å². The van der Waals surface area contributed by atoms with Crippen LogP contribution < -0.4 is 5.32 Å². The molecule has 0 heterocycles. The zero-order valence-corrected chi connectivity index (χ0v) is 13.9. The fraction of sp³-hybridized carbons (Fsp3) is 0. The van der Waals surface area contributed by atoms with Crippen molar-refractivity contribution in [2.24, 2.45) is 0 Å². The van der Waals surface area contributed by atoms with Crippen molar-refractivity contribution in [2.45, 2.75) is 0 Å². The molecule has 0 spiro atoms. The van der Waals surface area contributed by atoms with Gasteiger partial charge in [0.15, 0.2) is 0 Å². The maximum atomic E-state index is 11.8. The summed E-state index contributed by atoms with van der Waals surface area (Å²) in [5.41, 5.74) is 1.37. The van der Waals surface area contributed by atoms with Gasteiger partial charge in [0, 0.05) is 30.9 Å². The summed E-state index contributed by atoms with van der Waals surface area (Å²) in [4.78, 5) is 11.8. The molecule has 2 nitrogen and oxygen atoms in total. The van der Waals surface area contributed by atoms with Gasteiger partial charge in [-0.2, -0.15) is 0 Å². The smallest absolute Gasteiger partial charge is 0.248 e. The fourth-order valence-corrected chi connectivity index (χ4v) is 2.43. The van der Waals surface area contributed by atoms with Crippen molar-refractivity contribution in [1.82, 2.24) is 0 Å². The van der Waals surface area contributed by atoms with E-state index in [4.69, 9.17) is 23.2 Å². The summed E-state index contributed by atoms with van der Waals surface area (Å²) in [6, 6.07) is 12.7. The second kappa shape index (κ2) is 7.11. The standard InChI is InChI=1S/C15H10Cl2INO/c16-13-2-1-3-14(17)12(13)8-9-15(20)19-11-6-4-10(18)5-7-11/h1-9H,(H,19,20)/b9-8+. The average molecular weight is 418 g/mol. The summed E-state index contributed by atoms with van der Waals surface area (Å²) in [6.07, 6.45) is 3.01. The fourth-order valence-electron chi connectivity index (χ4n) is 1.55. The molecule has 0 atom stereocenters. The number of amides is 1. The molecule has 5 heteroatoms. The highest BCUT2D eigenvalue weighted by molar-refractivity contribution is 14.1. The van der Waals surface area contributed by atoms with E-state index in [9.17, 15) is 4.79 Å². The monoisotopic (exact) mass is 417 g/mol. The summed E-state index contributed by atoms with van der Waals surface area (Å²) in [5.74, 6) is -0.234. The minimum atomic E-state index is -0.234. The van der Waals surface area contributed by atoms with Crippen LogP contribution in [0.15, 0.2) is 48.5 Å². The first-order chi connectivity index (χ1) is 9.56. The van der Waals surface area contributed by atoms with Gasteiger partial charge in [0.05, 0.1) is 0 Å². The second-order valence-electron chi connectivity index (χ2n) is 3.96. The molecule has 1 N–H and O–H groups in total. The molecule has 0 saturated heterocycles. The molecule has 1 amide bonds. The maximum Gasteiger partial charge on any atom is 0.248 e.